The van der Waals surface area contributed by atoms with Crippen LogP contribution in [0.1, 0.15) is 76.8 Å². The van der Waals surface area contributed by atoms with Crippen LogP contribution in [-0.4, -0.2) is 77.7 Å². The van der Waals surface area contributed by atoms with E-state index in [2.05, 4.69) is 31.2 Å². The quantitative estimate of drug-likeness (QED) is 0.341. The maximum atomic E-state index is 14.7. The molecule has 52 heavy (non-hydrogen) atoms. The number of benzene rings is 2. The van der Waals surface area contributed by atoms with Gasteiger partial charge in [0.1, 0.15) is 21.2 Å². The summed E-state index contributed by atoms with van der Waals surface area (Å²) in [6.45, 7) is 2.44. The fourth-order valence-corrected chi connectivity index (χ4v) is 9.99. The van der Waals surface area contributed by atoms with Crippen molar-refractivity contribution in [1.82, 2.24) is 14.5 Å². The molecule has 1 saturated carbocycles. The molecule has 3 aromatic rings. The van der Waals surface area contributed by atoms with E-state index in [0.29, 0.717) is 48.8 Å². The van der Waals surface area contributed by atoms with Crippen LogP contribution < -0.4 is 19.1 Å². The smallest absolute Gasteiger partial charge is 0.286 e. The van der Waals surface area contributed by atoms with Crippen molar-refractivity contribution < 1.29 is 32.7 Å². The third kappa shape index (κ3) is 7.97. The molecule has 1 aliphatic carbocycles. The van der Waals surface area contributed by atoms with Crippen molar-refractivity contribution >= 4 is 39.0 Å². The Morgan fingerprint density at radius 1 is 1.04 bits per heavy atom. The van der Waals surface area contributed by atoms with Crippen LogP contribution in [0.3, 0.4) is 0 Å². The molecule has 4 heterocycles. The van der Waals surface area contributed by atoms with Gasteiger partial charge in [-0.05, 0) is 111 Å². The molecule has 2 amide bonds. The molecular weight excluding hydrogens is 706 g/mol. The number of aryl methyl sites for hydroxylation is 2. The Balaban J connectivity index is 1.32. The number of ether oxygens (including phenoxy) is 4. The molecule has 280 valence electrons. The minimum absolute atomic E-state index is 0.0336. The number of carbonyl (C=O) groups excluding carboxylic acids is 2. The first-order chi connectivity index (χ1) is 25.1. The number of hydrogen-bond acceptors (Lipinski definition) is 9. The fourth-order valence-electron chi connectivity index (χ4n) is 8.23. The molecule has 3 aliphatic heterocycles. The highest BCUT2D eigenvalue weighted by atomic mass is 35.5. The van der Waals surface area contributed by atoms with E-state index in [9.17, 15) is 13.8 Å². The lowest BCUT2D eigenvalue weighted by atomic mass is 9.68. The average Bonchev–Trinajstić information content (AvgIpc) is 3.73. The van der Waals surface area contributed by atoms with Gasteiger partial charge in [0.2, 0.25) is 5.88 Å². The molecule has 2 aromatic carbocycles. The predicted molar refractivity (Wildman–Crippen MR) is 198 cm³/mol. The first-order valence-corrected chi connectivity index (χ1v) is 20.3. The molecular formula is C38H48ClN5O7S. The highest BCUT2D eigenvalue weighted by Gasteiger charge is 2.42. The average molecular weight is 754 g/mol. The Morgan fingerprint density at radius 3 is 2.69 bits per heavy atom. The van der Waals surface area contributed by atoms with Crippen molar-refractivity contribution in [3.8, 4) is 11.6 Å². The Hall–Kier alpha value is -3.65. The number of halogens is 1. The summed E-state index contributed by atoms with van der Waals surface area (Å²) in [5, 5.41) is 4.87. The Bertz CT molecular complexity index is 1930. The van der Waals surface area contributed by atoms with Crippen LogP contribution in [-0.2, 0) is 39.4 Å². The number of nitrogens with one attached hydrogen (secondary N) is 1. The first kappa shape index (κ1) is 36.7. The molecule has 12 nitrogen and oxygen atoms in total. The molecule has 1 saturated heterocycles. The number of nitrogens with zero attached hydrogens (tertiary/aromatic N) is 4. The molecule has 1 aromatic heterocycles. The number of methoxy groups -OCH3 is 2. The van der Waals surface area contributed by atoms with Crippen LogP contribution in [0.25, 0.3) is 0 Å². The van der Waals surface area contributed by atoms with Crippen LogP contribution in [0.5, 0.6) is 11.6 Å². The second-order valence-corrected chi connectivity index (χ2v) is 16.9. The topological polar surface area (TPSA) is 134 Å². The second-order valence-electron chi connectivity index (χ2n) is 14.4. The first-order valence-electron chi connectivity index (χ1n) is 18.3. The van der Waals surface area contributed by atoms with Gasteiger partial charge in [0.25, 0.3) is 11.8 Å². The highest BCUT2D eigenvalue weighted by molar-refractivity contribution is 7.92. The Labute approximate surface area is 310 Å². The number of carbonyl (C=O) groups is 2. The molecule has 0 spiro atoms. The number of amides is 2. The summed E-state index contributed by atoms with van der Waals surface area (Å²) in [5.41, 5.74) is 3.50. The van der Waals surface area contributed by atoms with Gasteiger partial charge >= 0.3 is 0 Å². The van der Waals surface area contributed by atoms with E-state index in [1.807, 2.05) is 12.1 Å². The monoisotopic (exact) mass is 753 g/mol. The normalized spacial score (nSPS) is 28.1. The van der Waals surface area contributed by atoms with Crippen molar-refractivity contribution in [2.24, 2.45) is 29.2 Å². The van der Waals surface area contributed by atoms with E-state index in [4.69, 9.17) is 30.5 Å². The summed E-state index contributed by atoms with van der Waals surface area (Å²) < 4.78 is 47.1. The van der Waals surface area contributed by atoms with E-state index in [1.54, 1.807) is 26.3 Å². The molecule has 6 atom stereocenters. The number of anilines is 1. The fraction of sp³-hybridized carbons (Fsp3) is 0.553. The Kier molecular flexibility index (Phi) is 11.1. The summed E-state index contributed by atoms with van der Waals surface area (Å²) in [6, 6.07) is 11.4. The van der Waals surface area contributed by atoms with Crippen molar-refractivity contribution in [3.05, 3.63) is 69.9 Å². The minimum atomic E-state index is -3.64. The van der Waals surface area contributed by atoms with E-state index in [0.717, 1.165) is 57.2 Å². The molecule has 2 fully saturated rings. The number of aromatic nitrogens is 2. The molecule has 7 rings (SSSR count). The van der Waals surface area contributed by atoms with Gasteiger partial charge in [0.15, 0.2) is 0 Å². The summed E-state index contributed by atoms with van der Waals surface area (Å²) in [4.78, 5) is 30.0. The van der Waals surface area contributed by atoms with E-state index < -0.39 is 21.7 Å². The highest BCUT2D eigenvalue weighted by Crippen LogP contribution is 2.44. The van der Waals surface area contributed by atoms with E-state index in [-0.39, 0.29) is 40.9 Å². The minimum Gasteiger partial charge on any atom is -0.491 e. The maximum Gasteiger partial charge on any atom is 0.286 e. The lowest BCUT2D eigenvalue weighted by Gasteiger charge is -2.45. The lowest BCUT2D eigenvalue weighted by Crippen LogP contribution is -2.45. The lowest BCUT2D eigenvalue weighted by molar-refractivity contribution is -0.0363. The van der Waals surface area contributed by atoms with Crippen LogP contribution in [0.2, 0.25) is 5.02 Å². The largest absolute Gasteiger partial charge is 0.491 e. The van der Waals surface area contributed by atoms with Crippen LogP contribution in [0.4, 0.5) is 5.69 Å². The zero-order valence-corrected chi connectivity index (χ0v) is 31.6. The van der Waals surface area contributed by atoms with Crippen LogP contribution in [0, 0.1) is 17.8 Å². The number of rotatable bonds is 4. The second kappa shape index (κ2) is 15.8. The van der Waals surface area contributed by atoms with Gasteiger partial charge in [-0.15, -0.1) is 9.46 Å². The summed E-state index contributed by atoms with van der Waals surface area (Å²) in [7, 11) is 1.22. The summed E-state index contributed by atoms with van der Waals surface area (Å²) in [5.74, 6) is 0.198. The molecule has 2 bridgehead atoms. The Morgan fingerprint density at radius 2 is 1.90 bits per heavy atom. The van der Waals surface area contributed by atoms with Gasteiger partial charge in [-0.3, -0.25) is 19.0 Å². The van der Waals surface area contributed by atoms with Crippen molar-refractivity contribution in [3.63, 3.8) is 0 Å². The van der Waals surface area contributed by atoms with Gasteiger partial charge in [-0.2, -0.15) is 0 Å². The number of hydrogen-bond donors (Lipinski definition) is 1. The molecule has 1 N–H and O–H groups in total. The predicted octanol–water partition coefficient (Wildman–Crippen LogP) is 6.00. The molecule has 0 radical (unpaired) electrons. The third-order valence-electron chi connectivity index (χ3n) is 11.2. The van der Waals surface area contributed by atoms with Gasteiger partial charge in [0.05, 0.1) is 37.4 Å². The summed E-state index contributed by atoms with van der Waals surface area (Å²) in [6.07, 6.45) is 8.16. The molecule has 1 unspecified atom stereocenters. The van der Waals surface area contributed by atoms with Crippen LogP contribution >= 0.6 is 11.6 Å². The standard InChI is InChI=1S/C38H48ClN5O7S/c1-43-23-31(38(40-43)49-3)37(46)42-52(47)17-14-33-25(13-16-51-33)20-35(48-2)30-11-8-28(30)22-44-21-27-7-10-29(39)18-24(27)6-4-5-15-50-34-12-9-26(19-32(34)44)36(45)41-52/h7,9-10,12,18-19,23,25,28,30,33,35H,4-6,8,11,13-17,20-22H2,1-3H3,(H,41,42,45,46,47)/t25-,28+,30-,33-,35+,52?/m1/s1. The van der Waals surface area contributed by atoms with Gasteiger partial charge in [-0.1, -0.05) is 17.7 Å². The van der Waals surface area contributed by atoms with Crippen molar-refractivity contribution in [1.29, 1.82) is 0 Å². The SMILES string of the molecule is COc1nn(C)cc1C(=O)NS1(=O)=NC(=O)c2ccc3c(c2)N(Cc2ccc(Cl)cc2CCCCO3)C[C@@H]2CC[C@H]2[C@@H](OC)C[C@H]2CCO[C@@H]2CC1. The van der Waals surface area contributed by atoms with E-state index in [1.165, 1.54) is 29.1 Å². The van der Waals surface area contributed by atoms with Crippen molar-refractivity contribution in [2.75, 3.05) is 44.6 Å². The third-order valence-corrected chi connectivity index (χ3v) is 13.2. The maximum absolute atomic E-state index is 14.7. The molecule has 4 aliphatic rings. The van der Waals surface area contributed by atoms with Gasteiger partial charge in [-0.25, -0.2) is 4.21 Å². The zero-order chi connectivity index (χ0) is 36.4. The summed E-state index contributed by atoms with van der Waals surface area (Å²) >= 11 is 6.49. The van der Waals surface area contributed by atoms with E-state index >= 15 is 0 Å². The number of fused-ring (bicyclic) bond motifs is 4. The van der Waals surface area contributed by atoms with Crippen molar-refractivity contribution in [2.45, 2.75) is 70.1 Å². The van der Waals surface area contributed by atoms with Gasteiger partial charge < -0.3 is 23.8 Å². The van der Waals surface area contributed by atoms with Crippen LogP contribution in [0.15, 0.2) is 47.0 Å². The molecule has 14 heteroatoms. The van der Waals surface area contributed by atoms with Gasteiger partial charge in [0, 0.05) is 50.6 Å². The zero-order valence-electron chi connectivity index (χ0n) is 30.1.